The summed E-state index contributed by atoms with van der Waals surface area (Å²) >= 11 is 0. The van der Waals surface area contributed by atoms with E-state index in [4.69, 9.17) is 4.74 Å². The summed E-state index contributed by atoms with van der Waals surface area (Å²) in [5, 5.41) is 3.75. The van der Waals surface area contributed by atoms with E-state index >= 15 is 0 Å². The Labute approximate surface area is 120 Å². The fourth-order valence-electron chi connectivity index (χ4n) is 3.75. The third-order valence-electron chi connectivity index (χ3n) is 5.37. The minimum Gasteiger partial charge on any atom is -0.377 e. The molecule has 19 heavy (non-hydrogen) atoms. The monoisotopic (exact) mass is 269 g/mol. The Morgan fingerprint density at radius 3 is 1.89 bits per heavy atom. The van der Waals surface area contributed by atoms with Crippen molar-refractivity contribution in [2.45, 2.75) is 84.8 Å². The molecule has 0 aromatic heterocycles. The van der Waals surface area contributed by atoms with Crippen LogP contribution in [0.15, 0.2) is 0 Å². The van der Waals surface area contributed by atoms with Crippen LogP contribution in [0, 0.1) is 11.3 Å². The van der Waals surface area contributed by atoms with Gasteiger partial charge in [-0.15, -0.1) is 0 Å². The van der Waals surface area contributed by atoms with Crippen molar-refractivity contribution in [1.82, 2.24) is 5.32 Å². The van der Waals surface area contributed by atoms with Gasteiger partial charge in [0.05, 0.1) is 5.60 Å². The Hall–Kier alpha value is -0.0800. The van der Waals surface area contributed by atoms with Crippen molar-refractivity contribution in [1.29, 1.82) is 0 Å². The number of hydrogen-bond donors (Lipinski definition) is 1. The Morgan fingerprint density at radius 2 is 1.53 bits per heavy atom. The number of likely N-dealkylation sites (N-methyl/N-ethyl adjacent to an activating group) is 1. The maximum atomic E-state index is 6.11. The maximum absolute atomic E-state index is 6.11. The minimum absolute atomic E-state index is 0.0578. The fraction of sp³-hybridized carbons (Fsp3) is 1.00. The second kappa shape index (κ2) is 7.08. The van der Waals surface area contributed by atoms with E-state index in [9.17, 15) is 0 Å². The molecule has 114 valence electrons. The Bertz CT molecular complexity index is 248. The molecule has 1 atom stereocenters. The third-order valence-corrected chi connectivity index (χ3v) is 5.37. The highest BCUT2D eigenvalue weighted by molar-refractivity contribution is 5.00. The minimum atomic E-state index is 0.0578. The second-order valence-corrected chi connectivity index (χ2v) is 7.05. The molecule has 0 aliphatic heterocycles. The average molecular weight is 269 g/mol. The molecule has 1 saturated carbocycles. The zero-order chi connectivity index (χ0) is 14.5. The Balaban J connectivity index is 2.89. The molecule has 0 aromatic carbocycles. The molecular formula is C17H35NO. The third kappa shape index (κ3) is 3.95. The lowest BCUT2D eigenvalue weighted by Gasteiger charge is -2.49. The summed E-state index contributed by atoms with van der Waals surface area (Å²) in [6.45, 7) is 12.7. The van der Waals surface area contributed by atoms with E-state index < -0.39 is 0 Å². The molecule has 0 bridgehead atoms. The molecule has 0 radical (unpaired) electrons. The highest BCUT2D eigenvalue weighted by Crippen LogP contribution is 2.45. The molecule has 1 aliphatic carbocycles. The average Bonchev–Trinajstić information content (AvgIpc) is 2.40. The summed E-state index contributed by atoms with van der Waals surface area (Å²) in [5.74, 6) is 0.723. The van der Waals surface area contributed by atoms with Crippen LogP contribution in [0.2, 0.25) is 0 Å². The van der Waals surface area contributed by atoms with Gasteiger partial charge in [0.1, 0.15) is 0 Å². The first kappa shape index (κ1) is 17.0. The quantitative estimate of drug-likeness (QED) is 0.740. The van der Waals surface area contributed by atoms with Gasteiger partial charge in [0.25, 0.3) is 0 Å². The molecule has 0 aromatic rings. The van der Waals surface area contributed by atoms with Crippen molar-refractivity contribution in [2.24, 2.45) is 11.3 Å². The van der Waals surface area contributed by atoms with Crippen molar-refractivity contribution in [2.75, 3.05) is 13.7 Å². The topological polar surface area (TPSA) is 21.3 Å². The van der Waals surface area contributed by atoms with E-state index in [0.717, 1.165) is 12.5 Å². The SMILES string of the molecule is CCNC(C(CC)CC)C1(OC)CCC(C)(C)CC1. The van der Waals surface area contributed by atoms with E-state index in [-0.39, 0.29) is 5.60 Å². The summed E-state index contributed by atoms with van der Waals surface area (Å²) < 4.78 is 6.11. The van der Waals surface area contributed by atoms with Crippen LogP contribution in [0.1, 0.15) is 73.1 Å². The van der Waals surface area contributed by atoms with Crippen molar-refractivity contribution in [3.8, 4) is 0 Å². The highest BCUT2D eigenvalue weighted by Gasteiger charge is 2.45. The van der Waals surface area contributed by atoms with E-state index in [2.05, 4.69) is 39.9 Å². The van der Waals surface area contributed by atoms with Gasteiger partial charge in [-0.05, 0) is 43.6 Å². The number of hydrogen-bond acceptors (Lipinski definition) is 2. The molecule has 1 rings (SSSR count). The molecule has 1 unspecified atom stereocenters. The first-order valence-electron chi connectivity index (χ1n) is 8.23. The van der Waals surface area contributed by atoms with Gasteiger partial charge in [0.2, 0.25) is 0 Å². The smallest absolute Gasteiger partial charge is 0.0834 e. The number of nitrogens with one attached hydrogen (secondary N) is 1. The van der Waals surface area contributed by atoms with E-state index in [1.807, 2.05) is 7.11 Å². The number of methoxy groups -OCH3 is 1. The van der Waals surface area contributed by atoms with Gasteiger partial charge < -0.3 is 10.1 Å². The van der Waals surface area contributed by atoms with Crippen molar-refractivity contribution >= 4 is 0 Å². The van der Waals surface area contributed by atoms with Crippen LogP contribution in [0.5, 0.6) is 0 Å². The van der Waals surface area contributed by atoms with Crippen molar-refractivity contribution in [3.05, 3.63) is 0 Å². The predicted octanol–water partition coefficient (Wildman–Crippen LogP) is 4.39. The fourth-order valence-corrected chi connectivity index (χ4v) is 3.75. The van der Waals surface area contributed by atoms with Gasteiger partial charge in [-0.2, -0.15) is 0 Å². The van der Waals surface area contributed by atoms with Gasteiger partial charge in [-0.25, -0.2) is 0 Å². The van der Waals surface area contributed by atoms with E-state index in [1.54, 1.807) is 0 Å². The number of ether oxygens (including phenoxy) is 1. The van der Waals surface area contributed by atoms with Crippen LogP contribution < -0.4 is 5.32 Å². The molecule has 1 fully saturated rings. The van der Waals surface area contributed by atoms with Crippen molar-refractivity contribution in [3.63, 3.8) is 0 Å². The lowest BCUT2D eigenvalue weighted by molar-refractivity contribution is -0.0992. The zero-order valence-corrected chi connectivity index (χ0v) is 14.0. The largest absolute Gasteiger partial charge is 0.377 e. The summed E-state index contributed by atoms with van der Waals surface area (Å²) in [6, 6.07) is 0.508. The predicted molar refractivity (Wildman–Crippen MR) is 83.5 cm³/mol. The summed E-state index contributed by atoms with van der Waals surface area (Å²) in [5.41, 5.74) is 0.551. The van der Waals surface area contributed by atoms with Crippen LogP contribution in [0.3, 0.4) is 0 Å². The first-order chi connectivity index (χ1) is 8.94. The van der Waals surface area contributed by atoms with Crippen molar-refractivity contribution < 1.29 is 4.74 Å². The van der Waals surface area contributed by atoms with Gasteiger partial charge in [-0.3, -0.25) is 0 Å². The standard InChI is InChI=1S/C17H35NO/c1-7-14(8-2)15(18-9-3)17(19-6)12-10-16(4,5)11-13-17/h14-15,18H,7-13H2,1-6H3. The van der Waals surface area contributed by atoms with Crippen LogP contribution in [0.4, 0.5) is 0 Å². The summed E-state index contributed by atoms with van der Waals surface area (Å²) in [7, 11) is 1.92. The Kier molecular flexibility index (Phi) is 6.32. The molecule has 2 nitrogen and oxygen atoms in total. The summed E-state index contributed by atoms with van der Waals surface area (Å²) in [4.78, 5) is 0. The van der Waals surface area contributed by atoms with Gasteiger partial charge in [0.15, 0.2) is 0 Å². The van der Waals surface area contributed by atoms with E-state index in [1.165, 1.54) is 38.5 Å². The molecule has 0 saturated heterocycles. The summed E-state index contributed by atoms with van der Waals surface area (Å²) in [6.07, 6.45) is 7.44. The zero-order valence-electron chi connectivity index (χ0n) is 14.0. The molecule has 1 aliphatic rings. The number of rotatable bonds is 7. The maximum Gasteiger partial charge on any atom is 0.0834 e. The molecule has 0 amide bonds. The van der Waals surface area contributed by atoms with Gasteiger partial charge in [0, 0.05) is 13.2 Å². The molecular weight excluding hydrogens is 234 g/mol. The molecule has 2 heteroatoms. The Morgan fingerprint density at radius 1 is 1.00 bits per heavy atom. The first-order valence-corrected chi connectivity index (χ1v) is 8.23. The molecule has 1 N–H and O–H groups in total. The lowest BCUT2D eigenvalue weighted by Crippen LogP contribution is -2.57. The highest BCUT2D eigenvalue weighted by atomic mass is 16.5. The second-order valence-electron chi connectivity index (χ2n) is 7.05. The van der Waals surface area contributed by atoms with Gasteiger partial charge in [-0.1, -0.05) is 47.5 Å². The normalized spacial score (nSPS) is 23.5. The van der Waals surface area contributed by atoms with Crippen LogP contribution >= 0.6 is 0 Å². The van der Waals surface area contributed by atoms with Crippen LogP contribution in [0.25, 0.3) is 0 Å². The molecule has 0 heterocycles. The van der Waals surface area contributed by atoms with Crippen LogP contribution in [-0.2, 0) is 4.74 Å². The molecule has 0 spiro atoms. The van der Waals surface area contributed by atoms with Crippen LogP contribution in [-0.4, -0.2) is 25.3 Å². The lowest BCUT2D eigenvalue weighted by atomic mass is 9.66. The van der Waals surface area contributed by atoms with Gasteiger partial charge >= 0.3 is 0 Å². The van der Waals surface area contributed by atoms with E-state index in [0.29, 0.717) is 11.5 Å².